The third-order valence-corrected chi connectivity index (χ3v) is 3.51. The van der Waals surface area contributed by atoms with Gasteiger partial charge >= 0.3 is 0 Å². The molecule has 0 atom stereocenters. The molecule has 19 heavy (non-hydrogen) atoms. The minimum atomic E-state index is 0.355. The first-order valence-corrected chi connectivity index (χ1v) is 6.71. The van der Waals surface area contributed by atoms with E-state index < -0.39 is 0 Å². The fourth-order valence-electron chi connectivity index (χ4n) is 1.98. The number of phenolic OH excluding ortho intramolecular Hbond substituents is 1. The zero-order valence-electron chi connectivity index (χ0n) is 10.8. The van der Waals surface area contributed by atoms with Crippen LogP contribution in [0, 0.1) is 13.8 Å². The van der Waals surface area contributed by atoms with Crippen molar-refractivity contribution in [2.75, 3.05) is 5.32 Å². The van der Waals surface area contributed by atoms with E-state index in [1.807, 2.05) is 32.0 Å². The predicted molar refractivity (Wildman–Crippen MR) is 81.4 cm³/mol. The van der Waals surface area contributed by atoms with Crippen LogP contribution in [-0.4, -0.2) is 5.11 Å². The van der Waals surface area contributed by atoms with Gasteiger partial charge in [0.25, 0.3) is 0 Å². The van der Waals surface area contributed by atoms with Gasteiger partial charge in [-0.2, -0.15) is 0 Å². The Hall–Kier alpha value is -1.38. The largest absolute Gasteiger partial charge is 0.507 e. The maximum Gasteiger partial charge on any atom is 0.121 e. The number of halogens is 2. The molecule has 2 N–H and O–H groups in total. The van der Waals surface area contributed by atoms with Crippen molar-refractivity contribution in [3.8, 4) is 5.75 Å². The zero-order valence-corrected chi connectivity index (χ0v) is 12.3. The van der Waals surface area contributed by atoms with Crippen molar-refractivity contribution in [2.45, 2.75) is 20.4 Å². The van der Waals surface area contributed by atoms with Crippen LogP contribution in [0.2, 0.25) is 10.0 Å². The molecule has 2 aromatic carbocycles. The molecule has 0 spiro atoms. The van der Waals surface area contributed by atoms with Crippen LogP contribution in [0.3, 0.4) is 0 Å². The number of phenols is 1. The molecule has 0 aliphatic carbocycles. The van der Waals surface area contributed by atoms with Crippen molar-refractivity contribution in [3.63, 3.8) is 0 Å². The third kappa shape index (κ3) is 3.34. The minimum absolute atomic E-state index is 0.355. The van der Waals surface area contributed by atoms with Gasteiger partial charge in [0.1, 0.15) is 5.75 Å². The Labute approximate surface area is 123 Å². The summed E-state index contributed by atoms with van der Waals surface area (Å²) in [4.78, 5) is 0. The molecule has 0 fully saturated rings. The lowest BCUT2D eigenvalue weighted by Gasteiger charge is -2.11. The Morgan fingerprint density at radius 1 is 1.05 bits per heavy atom. The van der Waals surface area contributed by atoms with E-state index >= 15 is 0 Å². The highest BCUT2D eigenvalue weighted by molar-refractivity contribution is 6.36. The molecule has 0 aliphatic rings. The van der Waals surface area contributed by atoms with Crippen LogP contribution in [0.4, 0.5) is 5.69 Å². The minimum Gasteiger partial charge on any atom is -0.507 e. The summed E-state index contributed by atoms with van der Waals surface area (Å²) < 4.78 is 0. The van der Waals surface area contributed by atoms with Gasteiger partial charge < -0.3 is 10.4 Å². The second-order valence-corrected chi connectivity index (χ2v) is 5.40. The van der Waals surface area contributed by atoms with Gasteiger partial charge in [0.15, 0.2) is 0 Å². The maximum atomic E-state index is 9.73. The number of aryl methyl sites for hydroxylation is 2. The summed E-state index contributed by atoms with van der Waals surface area (Å²) in [6, 6.07) is 9.27. The molecule has 0 unspecified atom stereocenters. The lowest BCUT2D eigenvalue weighted by Crippen LogP contribution is -2.01. The summed E-state index contributed by atoms with van der Waals surface area (Å²) >= 11 is 11.9. The van der Waals surface area contributed by atoms with E-state index in [1.165, 1.54) is 0 Å². The Balaban J connectivity index is 2.14. The number of nitrogens with one attached hydrogen (secondary N) is 1. The summed E-state index contributed by atoms with van der Waals surface area (Å²) in [6.07, 6.45) is 0. The summed E-state index contributed by atoms with van der Waals surface area (Å²) in [7, 11) is 0. The monoisotopic (exact) mass is 295 g/mol. The number of anilines is 1. The number of aromatic hydroxyl groups is 1. The molecule has 100 valence electrons. The highest BCUT2D eigenvalue weighted by atomic mass is 35.5. The van der Waals surface area contributed by atoms with Crippen LogP contribution < -0.4 is 5.32 Å². The fraction of sp³-hybridized carbons (Fsp3) is 0.200. The summed E-state index contributed by atoms with van der Waals surface area (Å²) in [5, 5.41) is 14.2. The normalized spacial score (nSPS) is 10.5. The van der Waals surface area contributed by atoms with Crippen LogP contribution in [0.1, 0.15) is 16.7 Å². The van der Waals surface area contributed by atoms with E-state index in [2.05, 4.69) is 5.32 Å². The van der Waals surface area contributed by atoms with E-state index in [0.29, 0.717) is 22.3 Å². The van der Waals surface area contributed by atoms with Gasteiger partial charge in [0, 0.05) is 11.6 Å². The van der Waals surface area contributed by atoms with Crippen LogP contribution in [-0.2, 0) is 6.54 Å². The molecule has 0 heterocycles. The number of benzene rings is 2. The van der Waals surface area contributed by atoms with Gasteiger partial charge in [-0.15, -0.1) is 0 Å². The molecule has 0 bridgehead atoms. The van der Waals surface area contributed by atoms with Crippen LogP contribution in [0.15, 0.2) is 30.3 Å². The summed E-state index contributed by atoms with van der Waals surface area (Å²) in [5.74, 6) is 0.355. The third-order valence-electron chi connectivity index (χ3n) is 2.96. The van der Waals surface area contributed by atoms with E-state index in [4.69, 9.17) is 23.2 Å². The van der Waals surface area contributed by atoms with Gasteiger partial charge in [-0.3, -0.25) is 0 Å². The van der Waals surface area contributed by atoms with Crippen molar-refractivity contribution in [3.05, 3.63) is 57.1 Å². The molecule has 0 aliphatic heterocycles. The van der Waals surface area contributed by atoms with Crippen LogP contribution >= 0.6 is 23.2 Å². The molecule has 0 saturated heterocycles. The number of hydrogen-bond donors (Lipinski definition) is 2. The van der Waals surface area contributed by atoms with Crippen molar-refractivity contribution < 1.29 is 5.11 Å². The molecule has 2 nitrogen and oxygen atoms in total. The van der Waals surface area contributed by atoms with Crippen molar-refractivity contribution in [1.29, 1.82) is 0 Å². The molecule has 2 rings (SSSR count). The molecule has 0 amide bonds. The van der Waals surface area contributed by atoms with Crippen LogP contribution in [0.5, 0.6) is 5.75 Å². The Morgan fingerprint density at radius 3 is 2.26 bits per heavy atom. The lowest BCUT2D eigenvalue weighted by atomic mass is 10.1. The Bertz CT molecular complexity index is 588. The van der Waals surface area contributed by atoms with E-state index in [1.54, 1.807) is 12.1 Å². The van der Waals surface area contributed by atoms with Crippen molar-refractivity contribution in [2.24, 2.45) is 0 Å². The first-order valence-electron chi connectivity index (χ1n) is 5.95. The predicted octanol–water partition coefficient (Wildman–Crippen LogP) is 4.93. The molecular formula is C15H15Cl2NO. The smallest absolute Gasteiger partial charge is 0.121 e. The number of hydrogen-bond acceptors (Lipinski definition) is 2. The quantitative estimate of drug-likeness (QED) is 0.842. The molecular weight excluding hydrogens is 281 g/mol. The first-order chi connectivity index (χ1) is 8.97. The lowest BCUT2D eigenvalue weighted by molar-refractivity contribution is 0.466. The number of rotatable bonds is 3. The van der Waals surface area contributed by atoms with E-state index in [-0.39, 0.29) is 0 Å². The van der Waals surface area contributed by atoms with Crippen LogP contribution in [0.25, 0.3) is 0 Å². The molecule has 0 radical (unpaired) electrons. The summed E-state index contributed by atoms with van der Waals surface area (Å²) in [6.45, 7) is 4.42. The van der Waals surface area contributed by atoms with Gasteiger partial charge in [0.05, 0.1) is 10.7 Å². The molecule has 0 saturated carbocycles. The zero-order chi connectivity index (χ0) is 14.0. The van der Waals surface area contributed by atoms with Crippen molar-refractivity contribution in [1.82, 2.24) is 0 Å². The van der Waals surface area contributed by atoms with Gasteiger partial charge in [-0.25, -0.2) is 0 Å². The average molecular weight is 296 g/mol. The Kier molecular flexibility index (Phi) is 4.23. The van der Waals surface area contributed by atoms with Gasteiger partial charge in [-0.1, -0.05) is 35.3 Å². The average Bonchev–Trinajstić information content (AvgIpc) is 2.34. The molecule has 4 heteroatoms. The maximum absolute atomic E-state index is 9.73. The topological polar surface area (TPSA) is 32.3 Å². The SMILES string of the molecule is Cc1cc(CNc2ccc(Cl)cc2Cl)cc(C)c1O. The fourth-order valence-corrected chi connectivity index (χ4v) is 2.45. The molecule has 0 aromatic heterocycles. The Morgan fingerprint density at radius 2 is 1.68 bits per heavy atom. The van der Waals surface area contributed by atoms with Gasteiger partial charge in [0.2, 0.25) is 0 Å². The van der Waals surface area contributed by atoms with E-state index in [0.717, 1.165) is 22.4 Å². The first kappa shape index (κ1) is 14.0. The van der Waals surface area contributed by atoms with E-state index in [9.17, 15) is 5.11 Å². The van der Waals surface area contributed by atoms with Crippen molar-refractivity contribution >= 4 is 28.9 Å². The highest BCUT2D eigenvalue weighted by Crippen LogP contribution is 2.27. The molecule has 2 aromatic rings. The second-order valence-electron chi connectivity index (χ2n) is 4.56. The standard InChI is InChI=1S/C15H15Cl2NO/c1-9-5-11(6-10(2)15(9)19)8-18-14-4-3-12(16)7-13(14)17/h3-7,18-19H,8H2,1-2H3. The highest BCUT2D eigenvalue weighted by Gasteiger charge is 2.05. The summed E-state index contributed by atoms with van der Waals surface area (Å²) in [5.41, 5.74) is 3.69. The second kappa shape index (κ2) is 5.72. The van der Waals surface area contributed by atoms with Gasteiger partial charge in [-0.05, 0) is 48.7 Å².